The van der Waals surface area contributed by atoms with E-state index in [9.17, 15) is 4.79 Å². The van der Waals surface area contributed by atoms with Gasteiger partial charge in [0.2, 0.25) is 0 Å². The van der Waals surface area contributed by atoms with Crippen LogP contribution in [0.25, 0.3) is 0 Å². The van der Waals surface area contributed by atoms with Crippen LogP contribution >= 0.6 is 0 Å². The first kappa shape index (κ1) is 12.3. The van der Waals surface area contributed by atoms with Crippen LogP contribution in [0.2, 0.25) is 0 Å². The minimum atomic E-state index is 0.161. The predicted octanol–water partition coefficient (Wildman–Crippen LogP) is 1.12. The summed E-state index contributed by atoms with van der Waals surface area (Å²) in [6.45, 7) is 6.54. The van der Waals surface area contributed by atoms with Crippen LogP contribution in [0.4, 0.5) is 4.79 Å². The highest BCUT2D eigenvalue weighted by Crippen LogP contribution is 2.18. The van der Waals surface area contributed by atoms with E-state index in [2.05, 4.69) is 13.8 Å². The molecule has 2 amide bonds. The van der Waals surface area contributed by atoms with Gasteiger partial charge in [0, 0.05) is 20.1 Å². The molecule has 0 aliphatic carbocycles. The number of nitrogens with two attached hydrogens (primary N) is 1. The summed E-state index contributed by atoms with van der Waals surface area (Å²) in [7, 11) is 1.90. The van der Waals surface area contributed by atoms with E-state index in [0.29, 0.717) is 18.5 Å². The number of hydrogen-bond acceptors (Lipinski definition) is 2. The summed E-state index contributed by atoms with van der Waals surface area (Å²) in [5.41, 5.74) is 5.57. The maximum absolute atomic E-state index is 11.9. The predicted molar refractivity (Wildman–Crippen MR) is 61.6 cm³/mol. The van der Waals surface area contributed by atoms with Gasteiger partial charge in [-0.25, -0.2) is 4.79 Å². The topological polar surface area (TPSA) is 49.6 Å². The Morgan fingerprint density at radius 1 is 1.60 bits per heavy atom. The number of likely N-dealkylation sites (N-methyl/N-ethyl adjacent to an activating group) is 1. The van der Waals surface area contributed by atoms with Crippen molar-refractivity contribution in [2.75, 3.05) is 26.7 Å². The van der Waals surface area contributed by atoms with E-state index in [0.717, 1.165) is 25.9 Å². The molecular formula is C11H23N3O. The van der Waals surface area contributed by atoms with E-state index in [1.54, 1.807) is 0 Å². The van der Waals surface area contributed by atoms with E-state index in [4.69, 9.17) is 5.73 Å². The first-order valence-corrected chi connectivity index (χ1v) is 5.81. The lowest BCUT2D eigenvalue weighted by molar-refractivity contribution is 0.190. The van der Waals surface area contributed by atoms with Crippen molar-refractivity contribution in [1.29, 1.82) is 0 Å². The molecule has 1 aliphatic heterocycles. The largest absolute Gasteiger partial charge is 0.330 e. The fraction of sp³-hybridized carbons (Fsp3) is 0.909. The van der Waals surface area contributed by atoms with Gasteiger partial charge >= 0.3 is 6.03 Å². The van der Waals surface area contributed by atoms with E-state index in [1.165, 1.54) is 0 Å². The zero-order valence-corrected chi connectivity index (χ0v) is 10.1. The number of hydrogen-bond donors (Lipinski definition) is 1. The van der Waals surface area contributed by atoms with Gasteiger partial charge in [0.25, 0.3) is 0 Å². The Labute approximate surface area is 92.4 Å². The van der Waals surface area contributed by atoms with Crippen molar-refractivity contribution < 1.29 is 4.79 Å². The van der Waals surface area contributed by atoms with Crippen LogP contribution < -0.4 is 5.73 Å². The van der Waals surface area contributed by atoms with Crippen molar-refractivity contribution in [1.82, 2.24) is 9.80 Å². The molecule has 4 nitrogen and oxygen atoms in total. The summed E-state index contributed by atoms with van der Waals surface area (Å²) in [4.78, 5) is 15.6. The van der Waals surface area contributed by atoms with Crippen LogP contribution in [-0.4, -0.2) is 48.6 Å². The molecule has 0 aromatic carbocycles. The van der Waals surface area contributed by atoms with Crippen molar-refractivity contribution in [2.24, 2.45) is 11.7 Å². The second-order valence-electron chi connectivity index (χ2n) is 4.58. The number of carbonyl (C=O) groups is 1. The summed E-state index contributed by atoms with van der Waals surface area (Å²) in [6, 6.07) is 0.557. The molecule has 4 heteroatoms. The lowest BCUT2D eigenvalue weighted by Crippen LogP contribution is -2.35. The van der Waals surface area contributed by atoms with Crippen LogP contribution in [0.3, 0.4) is 0 Å². The molecule has 1 saturated heterocycles. The van der Waals surface area contributed by atoms with E-state index in [1.807, 2.05) is 16.8 Å². The normalized spacial score (nSPS) is 23.7. The molecule has 0 aromatic rings. The van der Waals surface area contributed by atoms with Gasteiger partial charge in [-0.2, -0.15) is 0 Å². The quantitative estimate of drug-likeness (QED) is 0.744. The molecule has 2 N–H and O–H groups in total. The summed E-state index contributed by atoms with van der Waals surface area (Å²) < 4.78 is 0. The molecule has 2 atom stereocenters. The highest BCUT2D eigenvalue weighted by molar-refractivity contribution is 5.76. The van der Waals surface area contributed by atoms with Crippen molar-refractivity contribution in [3.8, 4) is 0 Å². The second kappa shape index (κ2) is 5.35. The summed E-state index contributed by atoms with van der Waals surface area (Å²) in [6.07, 6.45) is 2.22. The Balaban J connectivity index is 2.51. The van der Waals surface area contributed by atoms with Crippen molar-refractivity contribution in [3.63, 3.8) is 0 Å². The maximum atomic E-state index is 11.9. The number of nitrogens with zero attached hydrogens (tertiary/aromatic N) is 2. The van der Waals surface area contributed by atoms with E-state index >= 15 is 0 Å². The third-order valence-corrected chi connectivity index (χ3v) is 3.11. The molecule has 1 fully saturated rings. The summed E-state index contributed by atoms with van der Waals surface area (Å²) in [5.74, 6) is 0.391. The molecule has 15 heavy (non-hydrogen) atoms. The van der Waals surface area contributed by atoms with Gasteiger partial charge in [-0.05, 0) is 18.9 Å². The molecule has 0 radical (unpaired) electrons. The molecule has 0 spiro atoms. The number of rotatable bonds is 5. The van der Waals surface area contributed by atoms with Gasteiger partial charge in [-0.1, -0.05) is 20.3 Å². The Morgan fingerprint density at radius 3 is 2.80 bits per heavy atom. The third-order valence-electron chi connectivity index (χ3n) is 3.11. The van der Waals surface area contributed by atoms with Crippen LogP contribution in [0.15, 0.2) is 0 Å². The van der Waals surface area contributed by atoms with Gasteiger partial charge in [-0.3, -0.25) is 0 Å². The molecular weight excluding hydrogens is 190 g/mol. The Bertz CT molecular complexity index is 220. The molecule has 0 saturated carbocycles. The minimum Gasteiger partial charge on any atom is -0.330 e. The van der Waals surface area contributed by atoms with E-state index in [-0.39, 0.29) is 6.03 Å². The fourth-order valence-corrected chi connectivity index (χ4v) is 2.06. The van der Waals surface area contributed by atoms with Crippen molar-refractivity contribution >= 4 is 6.03 Å². The average molecular weight is 213 g/mol. The smallest absolute Gasteiger partial charge is 0.320 e. The summed E-state index contributed by atoms with van der Waals surface area (Å²) >= 11 is 0. The van der Waals surface area contributed by atoms with Crippen molar-refractivity contribution in [2.45, 2.75) is 32.7 Å². The van der Waals surface area contributed by atoms with Gasteiger partial charge < -0.3 is 15.5 Å². The SMILES string of the molecule is CCCC1CN(CC(C)CN)C(=O)N1C. The Kier molecular flexibility index (Phi) is 4.39. The van der Waals surface area contributed by atoms with Crippen LogP contribution in [0.1, 0.15) is 26.7 Å². The van der Waals surface area contributed by atoms with Crippen LogP contribution in [0.5, 0.6) is 0 Å². The molecule has 0 bridgehead atoms. The third kappa shape index (κ3) is 2.84. The van der Waals surface area contributed by atoms with Crippen molar-refractivity contribution in [3.05, 3.63) is 0 Å². The first-order chi connectivity index (χ1) is 7.10. The fourth-order valence-electron chi connectivity index (χ4n) is 2.06. The van der Waals surface area contributed by atoms with Gasteiger partial charge in [-0.15, -0.1) is 0 Å². The second-order valence-corrected chi connectivity index (χ2v) is 4.58. The first-order valence-electron chi connectivity index (χ1n) is 5.81. The average Bonchev–Trinajstić information content (AvgIpc) is 2.47. The number of amides is 2. The number of urea groups is 1. The van der Waals surface area contributed by atoms with Gasteiger partial charge in [0.05, 0.1) is 6.04 Å². The van der Waals surface area contributed by atoms with Gasteiger partial charge in [0.1, 0.15) is 0 Å². The number of carbonyl (C=O) groups excluding carboxylic acids is 1. The molecule has 1 heterocycles. The maximum Gasteiger partial charge on any atom is 0.320 e. The summed E-state index contributed by atoms with van der Waals surface area (Å²) in [5, 5.41) is 0. The Morgan fingerprint density at radius 2 is 2.27 bits per heavy atom. The van der Waals surface area contributed by atoms with Crippen LogP contribution in [-0.2, 0) is 0 Å². The Hall–Kier alpha value is -0.770. The molecule has 1 rings (SSSR count). The standard InChI is InChI=1S/C11H23N3O/c1-4-5-10-8-14(7-9(2)6-12)11(15)13(10)3/h9-10H,4-8,12H2,1-3H3. The highest BCUT2D eigenvalue weighted by Gasteiger charge is 2.33. The lowest BCUT2D eigenvalue weighted by atomic mass is 10.1. The molecule has 1 aliphatic rings. The minimum absolute atomic E-state index is 0.161. The molecule has 0 aromatic heterocycles. The molecule has 2 unspecified atom stereocenters. The highest BCUT2D eigenvalue weighted by atomic mass is 16.2. The monoisotopic (exact) mass is 213 g/mol. The zero-order chi connectivity index (χ0) is 11.4. The van der Waals surface area contributed by atoms with Crippen LogP contribution in [0, 0.1) is 5.92 Å². The lowest BCUT2D eigenvalue weighted by Gasteiger charge is -2.19. The molecule has 88 valence electrons. The van der Waals surface area contributed by atoms with Gasteiger partial charge in [0.15, 0.2) is 0 Å². The van der Waals surface area contributed by atoms with E-state index < -0.39 is 0 Å². The zero-order valence-electron chi connectivity index (χ0n) is 10.1.